The lowest BCUT2D eigenvalue weighted by molar-refractivity contribution is -0.274. The average Bonchev–Trinajstić information content (AvgIpc) is 2.47. The summed E-state index contributed by atoms with van der Waals surface area (Å²) in [6.45, 7) is 0.195. The Morgan fingerprint density at radius 1 is 1.12 bits per heavy atom. The molecule has 2 rings (SSSR count). The molecule has 0 fully saturated rings. The van der Waals surface area contributed by atoms with Gasteiger partial charge in [-0.05, 0) is 23.8 Å². The van der Waals surface area contributed by atoms with E-state index >= 15 is 0 Å². The topological polar surface area (TPSA) is 59.6 Å². The number of benzene rings is 2. The molecule has 2 aromatic carbocycles. The first-order valence-electron chi connectivity index (χ1n) is 6.50. The number of nitrogens with two attached hydrogens (primary N) is 1. The third kappa shape index (κ3) is 6.44. The zero-order valence-electron chi connectivity index (χ0n) is 12.2. The highest BCUT2D eigenvalue weighted by atomic mass is 127. The number of rotatable bonds is 4. The largest absolute Gasteiger partial charge is 0.573 e. The zero-order valence-corrected chi connectivity index (χ0v) is 15.3. The van der Waals surface area contributed by atoms with Crippen molar-refractivity contribution in [3.05, 3.63) is 59.1 Å². The zero-order chi connectivity index (χ0) is 16.9. The summed E-state index contributed by atoms with van der Waals surface area (Å²) in [4.78, 5) is 4.05. The minimum absolute atomic E-state index is 0. The number of guanidine groups is 1. The number of para-hydroxylation sites is 2. The Hall–Kier alpha value is -1.68. The maximum absolute atomic E-state index is 12.3. The SMILES string of the molecule is I.NC(=NCc1ccccc1Cl)Nc1ccccc1OC(F)(F)F. The lowest BCUT2D eigenvalue weighted by Gasteiger charge is -2.14. The number of alkyl halides is 3. The molecule has 9 heteroatoms. The van der Waals surface area contributed by atoms with Gasteiger partial charge in [0.25, 0.3) is 0 Å². The number of nitrogens with zero attached hydrogens (tertiary/aromatic N) is 1. The van der Waals surface area contributed by atoms with Crippen LogP contribution in [0.5, 0.6) is 5.75 Å². The highest BCUT2D eigenvalue weighted by Gasteiger charge is 2.32. The van der Waals surface area contributed by atoms with Crippen LogP contribution >= 0.6 is 35.6 Å². The van der Waals surface area contributed by atoms with E-state index in [0.29, 0.717) is 5.02 Å². The highest BCUT2D eigenvalue weighted by Crippen LogP contribution is 2.29. The van der Waals surface area contributed by atoms with Crippen LogP contribution in [0.15, 0.2) is 53.5 Å². The molecule has 2 aromatic rings. The number of anilines is 1. The van der Waals surface area contributed by atoms with Crippen LogP contribution in [-0.4, -0.2) is 12.3 Å². The van der Waals surface area contributed by atoms with Gasteiger partial charge in [-0.25, -0.2) is 4.99 Å². The first kappa shape index (κ1) is 20.4. The van der Waals surface area contributed by atoms with Crippen molar-refractivity contribution in [3.63, 3.8) is 0 Å². The predicted molar refractivity (Wildman–Crippen MR) is 98.9 cm³/mol. The maximum atomic E-state index is 12.3. The van der Waals surface area contributed by atoms with Crippen LogP contribution in [0.25, 0.3) is 0 Å². The van der Waals surface area contributed by atoms with Crippen molar-refractivity contribution >= 4 is 47.2 Å². The van der Waals surface area contributed by atoms with Crippen LogP contribution in [0.4, 0.5) is 18.9 Å². The van der Waals surface area contributed by atoms with E-state index in [2.05, 4.69) is 15.0 Å². The Balaban J connectivity index is 0.00000288. The molecule has 0 atom stereocenters. The van der Waals surface area contributed by atoms with E-state index in [1.807, 2.05) is 0 Å². The molecule has 0 bridgehead atoms. The molecule has 0 spiro atoms. The van der Waals surface area contributed by atoms with Gasteiger partial charge < -0.3 is 15.8 Å². The van der Waals surface area contributed by atoms with Gasteiger partial charge in [0.05, 0.1) is 12.2 Å². The van der Waals surface area contributed by atoms with Crippen LogP contribution in [-0.2, 0) is 6.54 Å². The van der Waals surface area contributed by atoms with Crippen molar-refractivity contribution in [3.8, 4) is 5.75 Å². The third-order valence-electron chi connectivity index (χ3n) is 2.75. The van der Waals surface area contributed by atoms with E-state index in [9.17, 15) is 13.2 Å². The van der Waals surface area contributed by atoms with Gasteiger partial charge >= 0.3 is 6.36 Å². The van der Waals surface area contributed by atoms with Crippen LogP contribution in [0, 0.1) is 0 Å². The number of aliphatic imine (C=N–C) groups is 1. The third-order valence-corrected chi connectivity index (χ3v) is 3.12. The van der Waals surface area contributed by atoms with Crippen LogP contribution in [0.1, 0.15) is 5.56 Å². The minimum atomic E-state index is -4.79. The summed E-state index contributed by atoms with van der Waals surface area (Å²) < 4.78 is 41.0. The molecular weight excluding hydrogens is 458 g/mol. The number of ether oxygens (including phenoxy) is 1. The second kappa shape index (κ2) is 8.97. The van der Waals surface area contributed by atoms with Crippen LogP contribution < -0.4 is 15.8 Å². The first-order chi connectivity index (χ1) is 10.8. The van der Waals surface area contributed by atoms with Crippen LogP contribution in [0.2, 0.25) is 5.02 Å². The Morgan fingerprint density at radius 2 is 1.75 bits per heavy atom. The molecule has 0 aromatic heterocycles. The fraction of sp³-hybridized carbons (Fsp3) is 0.133. The van der Waals surface area contributed by atoms with Crippen molar-refractivity contribution in [1.29, 1.82) is 0 Å². The first-order valence-corrected chi connectivity index (χ1v) is 6.88. The van der Waals surface area contributed by atoms with Gasteiger partial charge in [0.2, 0.25) is 0 Å². The van der Waals surface area contributed by atoms with E-state index < -0.39 is 12.1 Å². The smallest absolute Gasteiger partial charge is 0.404 e. The summed E-state index contributed by atoms with van der Waals surface area (Å²) in [5.41, 5.74) is 6.50. The predicted octanol–water partition coefficient (Wildman–Crippen LogP) is 4.78. The summed E-state index contributed by atoms with van der Waals surface area (Å²) in [6.07, 6.45) is -4.79. The molecule has 0 heterocycles. The van der Waals surface area contributed by atoms with Gasteiger partial charge in [-0.1, -0.05) is 41.9 Å². The summed E-state index contributed by atoms with van der Waals surface area (Å²) in [6, 6.07) is 12.6. The molecule has 24 heavy (non-hydrogen) atoms. The van der Waals surface area contributed by atoms with E-state index in [-0.39, 0.29) is 42.2 Å². The average molecular weight is 472 g/mol. The fourth-order valence-corrected chi connectivity index (χ4v) is 1.95. The van der Waals surface area contributed by atoms with Gasteiger partial charge in [0.15, 0.2) is 11.7 Å². The quantitative estimate of drug-likeness (QED) is 0.383. The molecule has 0 unspecified atom stereocenters. The summed E-state index contributed by atoms with van der Waals surface area (Å²) in [5.74, 6) is -0.445. The van der Waals surface area contributed by atoms with Crippen molar-refractivity contribution in [2.24, 2.45) is 10.7 Å². The summed E-state index contributed by atoms with van der Waals surface area (Å²) >= 11 is 5.99. The minimum Gasteiger partial charge on any atom is -0.404 e. The van der Waals surface area contributed by atoms with Crippen molar-refractivity contribution in [1.82, 2.24) is 0 Å². The van der Waals surface area contributed by atoms with Gasteiger partial charge in [-0.2, -0.15) is 0 Å². The molecule has 0 amide bonds. The van der Waals surface area contributed by atoms with E-state index in [1.165, 1.54) is 18.2 Å². The molecule has 0 saturated heterocycles. The Morgan fingerprint density at radius 3 is 2.42 bits per heavy atom. The Bertz CT molecular complexity index is 710. The Labute approximate surface area is 158 Å². The normalized spacial score (nSPS) is 11.6. The maximum Gasteiger partial charge on any atom is 0.573 e. The lowest BCUT2D eigenvalue weighted by atomic mass is 10.2. The summed E-state index contributed by atoms with van der Waals surface area (Å²) in [5, 5.41) is 3.11. The second-order valence-electron chi connectivity index (χ2n) is 4.46. The second-order valence-corrected chi connectivity index (χ2v) is 4.87. The molecule has 130 valence electrons. The van der Waals surface area contributed by atoms with Gasteiger partial charge in [0, 0.05) is 5.02 Å². The standard InChI is InChI=1S/C15H13ClF3N3O.HI/c16-11-6-2-1-5-10(11)9-21-14(20)22-12-7-3-4-8-13(12)23-15(17,18)19;/h1-8H,9H2,(H3,20,21,22);1H. The molecule has 4 nitrogen and oxygen atoms in total. The molecule has 0 aliphatic carbocycles. The molecular formula is C15H14ClF3IN3O. The van der Waals surface area contributed by atoms with Crippen molar-refractivity contribution < 1.29 is 17.9 Å². The van der Waals surface area contributed by atoms with Crippen molar-refractivity contribution in [2.45, 2.75) is 12.9 Å². The monoisotopic (exact) mass is 471 g/mol. The number of halogens is 5. The van der Waals surface area contributed by atoms with E-state index in [4.69, 9.17) is 17.3 Å². The van der Waals surface area contributed by atoms with E-state index in [0.717, 1.165) is 5.56 Å². The van der Waals surface area contributed by atoms with E-state index in [1.54, 1.807) is 30.3 Å². The number of hydrogen-bond acceptors (Lipinski definition) is 2. The molecule has 0 radical (unpaired) electrons. The van der Waals surface area contributed by atoms with Gasteiger partial charge in [-0.15, -0.1) is 37.1 Å². The fourth-order valence-electron chi connectivity index (χ4n) is 1.76. The van der Waals surface area contributed by atoms with Crippen LogP contribution in [0.3, 0.4) is 0 Å². The Kier molecular flexibility index (Phi) is 7.61. The number of nitrogens with one attached hydrogen (secondary N) is 1. The lowest BCUT2D eigenvalue weighted by Crippen LogP contribution is -2.24. The molecule has 0 aliphatic heterocycles. The van der Waals surface area contributed by atoms with Gasteiger partial charge in [0.1, 0.15) is 0 Å². The molecule has 0 saturated carbocycles. The van der Waals surface area contributed by atoms with Crippen molar-refractivity contribution in [2.75, 3.05) is 5.32 Å². The highest BCUT2D eigenvalue weighted by molar-refractivity contribution is 14.0. The van der Waals surface area contributed by atoms with Gasteiger partial charge in [-0.3, -0.25) is 0 Å². The summed E-state index contributed by atoms with van der Waals surface area (Å²) in [7, 11) is 0. The molecule has 0 aliphatic rings. The number of hydrogen-bond donors (Lipinski definition) is 2. The molecule has 3 N–H and O–H groups in total.